The number of benzene rings is 2. The number of hydrogen-bond donors (Lipinski definition) is 1. The first-order chi connectivity index (χ1) is 12.0. The molecule has 0 heterocycles. The molecule has 0 spiro atoms. The largest absolute Gasteiger partial charge is 0.466 e. The van der Waals surface area contributed by atoms with E-state index in [1.165, 1.54) is 0 Å². The average Bonchev–Trinajstić information content (AvgIpc) is 2.59. The van der Waals surface area contributed by atoms with Crippen molar-refractivity contribution < 1.29 is 18.7 Å². The molecule has 0 bridgehead atoms. The summed E-state index contributed by atoms with van der Waals surface area (Å²) in [6, 6.07) is 11.9. The molecular formula is C19H21ClFNO3. The minimum atomic E-state index is -0.521. The van der Waals surface area contributed by atoms with Gasteiger partial charge in [0.2, 0.25) is 0 Å². The van der Waals surface area contributed by atoms with Crippen LogP contribution in [0.3, 0.4) is 0 Å². The number of halogens is 2. The maximum Gasteiger partial charge on any atom is 0.307 e. The predicted octanol–water partition coefficient (Wildman–Crippen LogP) is 4.70. The Morgan fingerprint density at radius 2 is 1.96 bits per heavy atom. The highest BCUT2D eigenvalue weighted by Crippen LogP contribution is 2.33. The van der Waals surface area contributed by atoms with Crippen molar-refractivity contribution in [2.75, 3.05) is 6.61 Å². The molecule has 134 valence electrons. The Labute approximate surface area is 151 Å². The number of nitrogens with one attached hydrogen (secondary N) is 1. The number of carbonyl (C=O) groups is 1. The number of carbonyl (C=O) groups excluding carboxylic acids is 1. The van der Waals surface area contributed by atoms with E-state index < -0.39 is 5.82 Å². The van der Waals surface area contributed by atoms with Crippen LogP contribution in [0.5, 0.6) is 11.5 Å². The second-order valence-corrected chi connectivity index (χ2v) is 5.96. The average molecular weight is 366 g/mol. The molecule has 0 aliphatic carbocycles. The minimum Gasteiger partial charge on any atom is -0.466 e. The van der Waals surface area contributed by atoms with Crippen molar-refractivity contribution in [3.63, 3.8) is 0 Å². The Morgan fingerprint density at radius 3 is 2.64 bits per heavy atom. The van der Waals surface area contributed by atoms with Crippen LogP contribution in [0.2, 0.25) is 5.02 Å². The van der Waals surface area contributed by atoms with Crippen molar-refractivity contribution in [3.05, 3.63) is 58.9 Å². The summed E-state index contributed by atoms with van der Waals surface area (Å²) in [7, 11) is 0. The fourth-order valence-corrected chi connectivity index (χ4v) is 2.42. The van der Waals surface area contributed by atoms with Gasteiger partial charge in [-0.05, 0) is 32.0 Å². The van der Waals surface area contributed by atoms with Crippen LogP contribution in [-0.4, -0.2) is 18.6 Å². The van der Waals surface area contributed by atoms with Crippen LogP contribution in [-0.2, 0) is 16.1 Å². The third kappa shape index (κ3) is 5.73. The second kappa shape index (κ2) is 9.39. The predicted molar refractivity (Wildman–Crippen MR) is 95.5 cm³/mol. The molecule has 0 saturated heterocycles. The molecule has 2 rings (SSSR count). The Bertz CT molecular complexity index is 709. The first-order valence-corrected chi connectivity index (χ1v) is 8.47. The SMILES string of the molecule is CCOC(=O)CC(C)NCc1ccc(Cl)c(Oc2ccccc2)c1F. The molecule has 2 aromatic carbocycles. The molecule has 1 N–H and O–H groups in total. The summed E-state index contributed by atoms with van der Waals surface area (Å²) in [4.78, 5) is 11.5. The number of esters is 1. The van der Waals surface area contributed by atoms with Crippen molar-refractivity contribution in [1.29, 1.82) is 0 Å². The van der Waals surface area contributed by atoms with E-state index in [-0.39, 0.29) is 35.7 Å². The Kier molecular flexibility index (Phi) is 7.22. The summed E-state index contributed by atoms with van der Waals surface area (Å²) in [6.07, 6.45) is 0.219. The van der Waals surface area contributed by atoms with Gasteiger partial charge in [-0.1, -0.05) is 35.9 Å². The van der Waals surface area contributed by atoms with Crippen molar-refractivity contribution in [2.24, 2.45) is 0 Å². The van der Waals surface area contributed by atoms with E-state index in [4.69, 9.17) is 21.1 Å². The van der Waals surface area contributed by atoms with Crippen LogP contribution in [0.1, 0.15) is 25.8 Å². The Hall–Kier alpha value is -2.11. The number of hydrogen-bond acceptors (Lipinski definition) is 4. The molecule has 6 heteroatoms. The van der Waals surface area contributed by atoms with E-state index >= 15 is 0 Å². The first kappa shape index (κ1) is 19.2. The maximum atomic E-state index is 14.7. The summed E-state index contributed by atoms with van der Waals surface area (Å²) in [5, 5.41) is 3.30. The van der Waals surface area contributed by atoms with E-state index in [0.717, 1.165) is 0 Å². The normalized spacial score (nSPS) is 11.8. The lowest BCUT2D eigenvalue weighted by molar-refractivity contribution is -0.143. The molecule has 0 aliphatic heterocycles. The van der Waals surface area contributed by atoms with Gasteiger partial charge < -0.3 is 14.8 Å². The van der Waals surface area contributed by atoms with Crippen molar-refractivity contribution in [2.45, 2.75) is 32.9 Å². The molecule has 1 atom stereocenters. The first-order valence-electron chi connectivity index (χ1n) is 8.10. The van der Waals surface area contributed by atoms with E-state index in [2.05, 4.69) is 5.32 Å². The van der Waals surface area contributed by atoms with Gasteiger partial charge in [-0.3, -0.25) is 4.79 Å². The Balaban J connectivity index is 2.04. The lowest BCUT2D eigenvalue weighted by Gasteiger charge is -2.15. The zero-order chi connectivity index (χ0) is 18.2. The summed E-state index contributed by atoms with van der Waals surface area (Å²) in [5.41, 5.74) is 0.408. The fourth-order valence-electron chi connectivity index (χ4n) is 2.24. The van der Waals surface area contributed by atoms with Gasteiger partial charge in [0.05, 0.1) is 18.1 Å². The van der Waals surface area contributed by atoms with Gasteiger partial charge in [-0.2, -0.15) is 0 Å². The number of rotatable bonds is 8. The van der Waals surface area contributed by atoms with Crippen LogP contribution in [0.4, 0.5) is 4.39 Å². The van der Waals surface area contributed by atoms with Crippen molar-refractivity contribution in [3.8, 4) is 11.5 Å². The lowest BCUT2D eigenvalue weighted by atomic mass is 10.1. The summed E-state index contributed by atoms with van der Waals surface area (Å²) >= 11 is 6.07. The fraction of sp³-hybridized carbons (Fsp3) is 0.316. The third-order valence-corrected chi connectivity index (χ3v) is 3.81. The highest BCUT2D eigenvalue weighted by atomic mass is 35.5. The van der Waals surface area contributed by atoms with Crippen LogP contribution in [0.15, 0.2) is 42.5 Å². The number of para-hydroxylation sites is 1. The second-order valence-electron chi connectivity index (χ2n) is 5.56. The molecule has 0 fully saturated rings. The standard InChI is InChI=1S/C19H21ClFNO3/c1-3-24-17(23)11-13(2)22-12-14-9-10-16(20)19(18(14)21)25-15-7-5-4-6-8-15/h4-10,13,22H,3,11-12H2,1-2H3. The van der Waals surface area contributed by atoms with Gasteiger partial charge in [-0.15, -0.1) is 0 Å². The lowest BCUT2D eigenvalue weighted by Crippen LogP contribution is -2.29. The molecule has 2 aromatic rings. The van der Waals surface area contributed by atoms with Crippen molar-refractivity contribution >= 4 is 17.6 Å². The molecule has 0 radical (unpaired) electrons. The molecule has 0 saturated carbocycles. The quantitative estimate of drug-likeness (QED) is 0.689. The van der Waals surface area contributed by atoms with Gasteiger partial charge in [0.25, 0.3) is 0 Å². The van der Waals surface area contributed by atoms with E-state index in [1.54, 1.807) is 43.3 Å². The smallest absolute Gasteiger partial charge is 0.307 e. The van der Waals surface area contributed by atoms with Gasteiger partial charge in [0, 0.05) is 18.2 Å². The zero-order valence-electron chi connectivity index (χ0n) is 14.2. The maximum absolute atomic E-state index is 14.7. The van der Waals surface area contributed by atoms with E-state index in [0.29, 0.717) is 17.9 Å². The third-order valence-electron chi connectivity index (χ3n) is 3.51. The van der Waals surface area contributed by atoms with Crippen molar-refractivity contribution in [1.82, 2.24) is 5.32 Å². The Morgan fingerprint density at radius 1 is 1.24 bits per heavy atom. The molecule has 0 aliphatic rings. The number of ether oxygens (including phenoxy) is 2. The monoisotopic (exact) mass is 365 g/mol. The summed E-state index contributed by atoms with van der Waals surface area (Å²) < 4.78 is 25.2. The van der Waals surface area contributed by atoms with Crippen LogP contribution in [0, 0.1) is 5.82 Å². The highest BCUT2D eigenvalue weighted by Gasteiger charge is 2.16. The van der Waals surface area contributed by atoms with E-state index in [1.807, 2.05) is 13.0 Å². The molecule has 0 amide bonds. The molecule has 0 aromatic heterocycles. The topological polar surface area (TPSA) is 47.6 Å². The molecular weight excluding hydrogens is 345 g/mol. The highest BCUT2D eigenvalue weighted by molar-refractivity contribution is 6.32. The van der Waals surface area contributed by atoms with Crippen LogP contribution >= 0.6 is 11.6 Å². The van der Waals surface area contributed by atoms with Crippen LogP contribution < -0.4 is 10.1 Å². The zero-order valence-corrected chi connectivity index (χ0v) is 15.0. The summed E-state index contributed by atoms with van der Waals surface area (Å²) in [6.45, 7) is 4.19. The van der Waals surface area contributed by atoms with Gasteiger partial charge in [0.1, 0.15) is 5.75 Å². The van der Waals surface area contributed by atoms with Crippen LogP contribution in [0.25, 0.3) is 0 Å². The molecule has 4 nitrogen and oxygen atoms in total. The summed E-state index contributed by atoms with van der Waals surface area (Å²) in [5.74, 6) is -0.311. The molecule has 25 heavy (non-hydrogen) atoms. The minimum absolute atomic E-state index is 0.00906. The van der Waals surface area contributed by atoms with E-state index in [9.17, 15) is 9.18 Å². The van der Waals surface area contributed by atoms with Gasteiger partial charge in [0.15, 0.2) is 11.6 Å². The molecule has 1 unspecified atom stereocenters. The van der Waals surface area contributed by atoms with Gasteiger partial charge >= 0.3 is 5.97 Å². The van der Waals surface area contributed by atoms with Gasteiger partial charge in [-0.25, -0.2) is 4.39 Å².